The van der Waals surface area contributed by atoms with Gasteiger partial charge in [-0.05, 0) is 56.1 Å². The number of carboxylic acid groups (broad SMARTS) is 2. The lowest BCUT2D eigenvalue weighted by Crippen LogP contribution is -2.35. The number of carboxylic acids is 2. The maximum Gasteiger partial charge on any atom is 0.414 e. The number of likely N-dealkylation sites (tertiary alicyclic amines) is 1. The van der Waals surface area contributed by atoms with Gasteiger partial charge in [0.15, 0.2) is 0 Å². The molecule has 0 radical (unpaired) electrons. The second-order valence-corrected chi connectivity index (χ2v) is 6.49. The zero-order chi connectivity index (χ0) is 19.4. The molecule has 0 unspecified atom stereocenters. The summed E-state index contributed by atoms with van der Waals surface area (Å²) in [6, 6.07) is 7.40. The lowest BCUT2D eigenvalue weighted by Gasteiger charge is -2.29. The molecule has 1 aromatic carbocycles. The smallest absolute Gasteiger partial charge is 0.414 e. The molecule has 0 amide bonds. The Bertz CT molecular complexity index is 531. The Hall–Kier alpha value is -1.83. The Kier molecular flexibility index (Phi) is 10.7. The summed E-state index contributed by atoms with van der Waals surface area (Å²) in [5.74, 6) is -1.92. The number of rotatable bonds is 7. The molecule has 1 saturated heterocycles. The number of halogens is 1. The highest BCUT2D eigenvalue weighted by Crippen LogP contribution is 2.16. The molecular weight excluding hydrogens is 362 g/mol. The second-order valence-electron chi connectivity index (χ2n) is 6.05. The van der Waals surface area contributed by atoms with Crippen molar-refractivity contribution < 1.29 is 29.3 Å². The van der Waals surface area contributed by atoms with Gasteiger partial charge in [-0.1, -0.05) is 18.5 Å². The standard InChI is InChI=1S/C16H24ClNO2.C2H2O4/c1-14-6-8-18(9-7-14)10-11-19-12-13-20-16-4-2-15(17)3-5-16;3-1(4)2(5)6/h2-5,14H,6-13H2,1H3;(H,3,4)(H,5,6). The van der Waals surface area contributed by atoms with E-state index in [1.165, 1.54) is 25.9 Å². The zero-order valence-corrected chi connectivity index (χ0v) is 15.7. The van der Waals surface area contributed by atoms with E-state index in [1.54, 1.807) is 0 Å². The molecule has 1 fully saturated rings. The van der Waals surface area contributed by atoms with Crippen molar-refractivity contribution in [3.8, 4) is 5.75 Å². The van der Waals surface area contributed by atoms with E-state index >= 15 is 0 Å². The molecule has 0 saturated carbocycles. The Morgan fingerprint density at radius 1 is 1.08 bits per heavy atom. The molecule has 0 aliphatic carbocycles. The molecule has 1 aliphatic rings. The van der Waals surface area contributed by atoms with Gasteiger partial charge in [-0.2, -0.15) is 0 Å². The molecule has 7 nitrogen and oxygen atoms in total. The summed E-state index contributed by atoms with van der Waals surface area (Å²) in [4.78, 5) is 20.7. The molecular formula is C18H26ClNO6. The van der Waals surface area contributed by atoms with Crippen molar-refractivity contribution in [2.75, 3.05) is 39.5 Å². The van der Waals surface area contributed by atoms with Crippen LogP contribution in [0.1, 0.15) is 19.8 Å². The fourth-order valence-electron chi connectivity index (χ4n) is 2.33. The number of benzene rings is 1. The first-order valence-electron chi connectivity index (χ1n) is 8.53. The van der Waals surface area contributed by atoms with Gasteiger partial charge in [-0.3, -0.25) is 0 Å². The first-order chi connectivity index (χ1) is 12.4. The number of carbonyl (C=O) groups is 2. The Balaban J connectivity index is 0.000000487. The van der Waals surface area contributed by atoms with Gasteiger partial charge in [-0.15, -0.1) is 0 Å². The Morgan fingerprint density at radius 3 is 2.19 bits per heavy atom. The lowest BCUT2D eigenvalue weighted by molar-refractivity contribution is -0.159. The van der Waals surface area contributed by atoms with Gasteiger partial charge in [0, 0.05) is 11.6 Å². The van der Waals surface area contributed by atoms with Crippen LogP contribution in [0.25, 0.3) is 0 Å². The van der Waals surface area contributed by atoms with Gasteiger partial charge in [0.1, 0.15) is 12.4 Å². The number of hydrogen-bond acceptors (Lipinski definition) is 5. The van der Waals surface area contributed by atoms with E-state index in [0.717, 1.165) is 29.8 Å². The van der Waals surface area contributed by atoms with Crippen LogP contribution in [-0.2, 0) is 14.3 Å². The van der Waals surface area contributed by atoms with Crippen molar-refractivity contribution in [3.63, 3.8) is 0 Å². The van der Waals surface area contributed by atoms with E-state index in [9.17, 15) is 0 Å². The summed E-state index contributed by atoms with van der Waals surface area (Å²) in [7, 11) is 0. The van der Waals surface area contributed by atoms with Gasteiger partial charge >= 0.3 is 11.9 Å². The summed E-state index contributed by atoms with van der Waals surface area (Å²) < 4.78 is 11.2. The summed E-state index contributed by atoms with van der Waals surface area (Å²) >= 11 is 5.81. The summed E-state index contributed by atoms with van der Waals surface area (Å²) in [5.41, 5.74) is 0. The summed E-state index contributed by atoms with van der Waals surface area (Å²) in [6.45, 7) is 7.80. The van der Waals surface area contributed by atoms with E-state index in [1.807, 2.05) is 24.3 Å². The van der Waals surface area contributed by atoms with Gasteiger partial charge in [0.05, 0.1) is 13.2 Å². The maximum atomic E-state index is 9.10. The van der Waals surface area contributed by atoms with Crippen molar-refractivity contribution in [2.24, 2.45) is 5.92 Å². The third-order valence-electron chi connectivity index (χ3n) is 3.92. The first-order valence-corrected chi connectivity index (χ1v) is 8.91. The van der Waals surface area contributed by atoms with Crippen molar-refractivity contribution >= 4 is 23.5 Å². The van der Waals surface area contributed by atoms with Crippen LogP contribution >= 0.6 is 11.6 Å². The average Bonchev–Trinajstić information content (AvgIpc) is 2.61. The first kappa shape index (κ1) is 22.2. The number of nitrogens with zero attached hydrogens (tertiary/aromatic N) is 1. The fourth-order valence-corrected chi connectivity index (χ4v) is 2.46. The molecule has 2 N–H and O–H groups in total. The molecule has 1 heterocycles. The summed E-state index contributed by atoms with van der Waals surface area (Å²) in [5, 5.41) is 15.5. The van der Waals surface area contributed by atoms with Gasteiger partial charge in [0.2, 0.25) is 0 Å². The summed E-state index contributed by atoms with van der Waals surface area (Å²) in [6.07, 6.45) is 2.64. The van der Waals surface area contributed by atoms with Gasteiger partial charge in [-0.25, -0.2) is 9.59 Å². The highest BCUT2D eigenvalue weighted by Gasteiger charge is 2.14. The third-order valence-corrected chi connectivity index (χ3v) is 4.17. The average molecular weight is 388 g/mol. The minimum absolute atomic E-state index is 0.582. The molecule has 0 aromatic heterocycles. The minimum atomic E-state index is -1.82. The van der Waals surface area contributed by atoms with E-state index in [-0.39, 0.29) is 0 Å². The van der Waals surface area contributed by atoms with Crippen LogP contribution < -0.4 is 4.74 Å². The largest absolute Gasteiger partial charge is 0.491 e. The number of aliphatic carboxylic acids is 2. The Labute approximate surface area is 158 Å². The molecule has 0 atom stereocenters. The highest BCUT2D eigenvalue weighted by molar-refractivity contribution is 6.30. The topological polar surface area (TPSA) is 96.3 Å². The quantitative estimate of drug-likeness (QED) is 0.548. The molecule has 8 heteroatoms. The normalized spacial score (nSPS) is 15.0. The Morgan fingerprint density at radius 2 is 1.65 bits per heavy atom. The molecule has 0 bridgehead atoms. The number of piperidine rings is 1. The zero-order valence-electron chi connectivity index (χ0n) is 14.9. The van der Waals surface area contributed by atoms with Gasteiger partial charge < -0.3 is 24.6 Å². The monoisotopic (exact) mass is 387 g/mol. The SMILES string of the molecule is CC1CCN(CCOCCOc2ccc(Cl)cc2)CC1.O=C(O)C(=O)O. The lowest BCUT2D eigenvalue weighted by atomic mass is 9.99. The van der Waals surface area contributed by atoms with Crippen LogP contribution in [0.2, 0.25) is 5.02 Å². The van der Waals surface area contributed by atoms with Crippen LogP contribution in [-0.4, -0.2) is 66.5 Å². The van der Waals surface area contributed by atoms with Crippen LogP contribution in [0.5, 0.6) is 5.75 Å². The predicted molar refractivity (Wildman–Crippen MR) is 97.9 cm³/mol. The number of hydrogen-bond donors (Lipinski definition) is 2. The van der Waals surface area contributed by atoms with Crippen molar-refractivity contribution in [1.82, 2.24) is 4.90 Å². The predicted octanol–water partition coefficient (Wildman–Crippen LogP) is 2.62. The molecule has 2 rings (SSSR count). The van der Waals surface area contributed by atoms with E-state index in [2.05, 4.69) is 11.8 Å². The molecule has 146 valence electrons. The van der Waals surface area contributed by atoms with Crippen LogP contribution in [0.3, 0.4) is 0 Å². The van der Waals surface area contributed by atoms with Crippen LogP contribution in [0.15, 0.2) is 24.3 Å². The van der Waals surface area contributed by atoms with Crippen LogP contribution in [0, 0.1) is 5.92 Å². The maximum absolute atomic E-state index is 9.10. The van der Waals surface area contributed by atoms with Gasteiger partial charge in [0.25, 0.3) is 0 Å². The fraction of sp³-hybridized carbons (Fsp3) is 0.556. The molecule has 1 aromatic rings. The van der Waals surface area contributed by atoms with Crippen molar-refractivity contribution in [3.05, 3.63) is 29.3 Å². The van der Waals surface area contributed by atoms with Crippen molar-refractivity contribution in [2.45, 2.75) is 19.8 Å². The molecule has 0 spiro atoms. The number of ether oxygens (including phenoxy) is 2. The molecule has 1 aliphatic heterocycles. The molecule has 26 heavy (non-hydrogen) atoms. The van der Waals surface area contributed by atoms with E-state index < -0.39 is 11.9 Å². The third kappa shape index (κ3) is 10.2. The van der Waals surface area contributed by atoms with Crippen LogP contribution in [0.4, 0.5) is 0 Å². The second kappa shape index (κ2) is 12.5. The highest BCUT2D eigenvalue weighted by atomic mass is 35.5. The minimum Gasteiger partial charge on any atom is -0.491 e. The van der Waals surface area contributed by atoms with Crippen molar-refractivity contribution in [1.29, 1.82) is 0 Å². The van der Waals surface area contributed by atoms with E-state index in [0.29, 0.717) is 13.2 Å². The van der Waals surface area contributed by atoms with E-state index in [4.69, 9.17) is 40.9 Å².